The van der Waals surface area contributed by atoms with E-state index in [0.29, 0.717) is 18.1 Å². The fourth-order valence-corrected chi connectivity index (χ4v) is 2.36. The first-order chi connectivity index (χ1) is 12.3. The van der Waals surface area contributed by atoms with Crippen LogP contribution in [0, 0.1) is 0 Å². The number of methoxy groups -OCH3 is 1. The lowest BCUT2D eigenvalue weighted by Crippen LogP contribution is -2.23. The molecular weight excluding hydrogens is 316 g/mol. The van der Waals surface area contributed by atoms with Crippen molar-refractivity contribution in [2.75, 3.05) is 12.4 Å². The zero-order valence-electron chi connectivity index (χ0n) is 13.8. The topological polar surface area (TPSA) is 76.1 Å². The molecule has 1 heterocycles. The van der Waals surface area contributed by atoms with Crippen LogP contribution in [0.25, 0.3) is 0 Å². The molecule has 2 N–H and O–H groups in total. The van der Waals surface area contributed by atoms with Gasteiger partial charge in [0.1, 0.15) is 5.75 Å². The van der Waals surface area contributed by atoms with E-state index in [1.807, 2.05) is 36.4 Å². The minimum absolute atomic E-state index is 0.163. The Bertz CT molecular complexity index is 853. The number of nitrogens with one attached hydrogen (secondary N) is 2. The van der Waals surface area contributed by atoms with Crippen molar-refractivity contribution in [2.45, 2.75) is 6.54 Å². The van der Waals surface area contributed by atoms with Crippen LogP contribution in [0.3, 0.4) is 0 Å². The summed E-state index contributed by atoms with van der Waals surface area (Å²) in [4.78, 5) is 20.6. The smallest absolute Gasteiger partial charge is 0.251 e. The van der Waals surface area contributed by atoms with Crippen LogP contribution in [-0.2, 0) is 6.54 Å². The number of hydrogen-bond acceptors (Lipinski definition) is 5. The number of anilines is 2. The summed E-state index contributed by atoms with van der Waals surface area (Å²) in [7, 11) is 1.61. The molecule has 0 bridgehead atoms. The van der Waals surface area contributed by atoms with Crippen LogP contribution in [0.2, 0.25) is 0 Å². The van der Waals surface area contributed by atoms with Crippen LogP contribution < -0.4 is 15.4 Å². The third kappa shape index (κ3) is 4.32. The van der Waals surface area contributed by atoms with E-state index in [-0.39, 0.29) is 5.91 Å². The molecule has 25 heavy (non-hydrogen) atoms. The number of carbonyl (C=O) groups is 1. The van der Waals surface area contributed by atoms with Gasteiger partial charge in [0.15, 0.2) is 0 Å². The average Bonchev–Trinajstić information content (AvgIpc) is 2.67. The van der Waals surface area contributed by atoms with Crippen molar-refractivity contribution < 1.29 is 9.53 Å². The highest BCUT2D eigenvalue weighted by atomic mass is 16.5. The van der Waals surface area contributed by atoms with Crippen LogP contribution in [0.15, 0.2) is 67.0 Å². The number of nitrogens with zero attached hydrogens (tertiary/aromatic N) is 2. The van der Waals surface area contributed by atoms with Gasteiger partial charge in [-0.15, -0.1) is 0 Å². The molecule has 0 fully saturated rings. The quantitative estimate of drug-likeness (QED) is 0.724. The number of benzene rings is 2. The van der Waals surface area contributed by atoms with Crippen LogP contribution >= 0.6 is 0 Å². The highest BCUT2D eigenvalue weighted by Crippen LogP contribution is 2.18. The van der Waals surface area contributed by atoms with Crippen molar-refractivity contribution in [1.82, 2.24) is 15.3 Å². The molecule has 0 saturated heterocycles. The summed E-state index contributed by atoms with van der Waals surface area (Å²) in [5, 5.41) is 5.97. The highest BCUT2D eigenvalue weighted by Gasteiger charge is 2.08. The zero-order valence-corrected chi connectivity index (χ0v) is 13.8. The molecule has 0 saturated carbocycles. The predicted octanol–water partition coefficient (Wildman–Crippen LogP) is 3.16. The molecule has 3 aromatic rings. The Morgan fingerprint density at radius 3 is 2.64 bits per heavy atom. The van der Waals surface area contributed by atoms with Gasteiger partial charge in [-0.2, -0.15) is 0 Å². The van der Waals surface area contributed by atoms with Gasteiger partial charge in [-0.05, 0) is 30.3 Å². The predicted molar refractivity (Wildman–Crippen MR) is 95.9 cm³/mol. The van der Waals surface area contributed by atoms with Gasteiger partial charge in [-0.25, -0.2) is 9.97 Å². The van der Waals surface area contributed by atoms with Crippen molar-refractivity contribution in [2.24, 2.45) is 0 Å². The Morgan fingerprint density at radius 2 is 1.84 bits per heavy atom. The lowest BCUT2D eigenvalue weighted by atomic mass is 10.1. The molecule has 6 nitrogen and oxygen atoms in total. The van der Waals surface area contributed by atoms with Gasteiger partial charge in [0.25, 0.3) is 5.91 Å². The second-order valence-electron chi connectivity index (χ2n) is 5.27. The maximum absolute atomic E-state index is 12.4. The number of amides is 1. The third-order valence-electron chi connectivity index (χ3n) is 3.58. The molecule has 0 unspecified atom stereocenters. The normalized spacial score (nSPS) is 10.1. The number of ether oxygens (including phenoxy) is 1. The SMILES string of the molecule is COc1ccccc1CNC(=O)c1cccc(Nc2ncccn2)c1. The van der Waals surface area contributed by atoms with E-state index < -0.39 is 0 Å². The standard InChI is InChI=1S/C19H18N4O2/c1-25-17-9-3-2-6-15(17)13-22-18(24)14-7-4-8-16(12-14)23-19-20-10-5-11-21-19/h2-12H,13H2,1H3,(H,22,24)(H,20,21,23). The maximum atomic E-state index is 12.4. The summed E-state index contributed by atoms with van der Waals surface area (Å²) >= 11 is 0. The summed E-state index contributed by atoms with van der Waals surface area (Å²) in [6.07, 6.45) is 3.30. The van der Waals surface area contributed by atoms with Crippen molar-refractivity contribution in [3.05, 3.63) is 78.1 Å². The van der Waals surface area contributed by atoms with Crippen LogP contribution in [-0.4, -0.2) is 23.0 Å². The fourth-order valence-electron chi connectivity index (χ4n) is 2.36. The van der Waals surface area contributed by atoms with Crippen molar-refractivity contribution >= 4 is 17.5 Å². The second-order valence-corrected chi connectivity index (χ2v) is 5.27. The Hall–Kier alpha value is -3.41. The summed E-state index contributed by atoms with van der Waals surface area (Å²) < 4.78 is 5.29. The van der Waals surface area contributed by atoms with Gasteiger partial charge >= 0.3 is 0 Å². The monoisotopic (exact) mass is 334 g/mol. The molecule has 0 aliphatic heterocycles. The Kier molecular flexibility index (Phi) is 5.21. The lowest BCUT2D eigenvalue weighted by molar-refractivity contribution is 0.0950. The van der Waals surface area contributed by atoms with E-state index in [9.17, 15) is 4.79 Å². The molecule has 0 aliphatic carbocycles. The fraction of sp³-hybridized carbons (Fsp3) is 0.105. The zero-order chi connectivity index (χ0) is 17.5. The largest absolute Gasteiger partial charge is 0.496 e. The van der Waals surface area contributed by atoms with Crippen molar-refractivity contribution in [3.63, 3.8) is 0 Å². The van der Waals surface area contributed by atoms with E-state index in [4.69, 9.17) is 4.74 Å². The lowest BCUT2D eigenvalue weighted by Gasteiger charge is -2.10. The molecule has 126 valence electrons. The van der Waals surface area contributed by atoms with E-state index in [1.54, 1.807) is 37.7 Å². The minimum atomic E-state index is -0.163. The molecule has 1 aromatic heterocycles. The first-order valence-corrected chi connectivity index (χ1v) is 7.80. The Labute approximate surface area is 145 Å². The summed E-state index contributed by atoms with van der Waals surface area (Å²) in [5.74, 6) is 1.07. The van der Waals surface area contributed by atoms with Crippen molar-refractivity contribution in [3.8, 4) is 5.75 Å². The van der Waals surface area contributed by atoms with E-state index >= 15 is 0 Å². The van der Waals surface area contributed by atoms with Crippen LogP contribution in [0.5, 0.6) is 5.75 Å². The Balaban J connectivity index is 1.67. The number of rotatable bonds is 6. The summed E-state index contributed by atoms with van der Waals surface area (Å²) in [5.41, 5.74) is 2.22. The average molecular weight is 334 g/mol. The Morgan fingerprint density at radius 1 is 1.04 bits per heavy atom. The molecule has 3 rings (SSSR count). The number of carbonyl (C=O) groups excluding carboxylic acids is 1. The van der Waals surface area contributed by atoms with Gasteiger partial charge in [-0.1, -0.05) is 24.3 Å². The van der Waals surface area contributed by atoms with E-state index in [2.05, 4.69) is 20.6 Å². The van der Waals surface area contributed by atoms with Gasteiger partial charge in [0.2, 0.25) is 5.95 Å². The number of aromatic nitrogens is 2. The van der Waals surface area contributed by atoms with Gasteiger partial charge in [-0.3, -0.25) is 4.79 Å². The number of para-hydroxylation sites is 1. The summed E-state index contributed by atoms with van der Waals surface area (Å²) in [6, 6.07) is 16.5. The van der Waals surface area contributed by atoms with Crippen molar-refractivity contribution in [1.29, 1.82) is 0 Å². The number of hydrogen-bond donors (Lipinski definition) is 2. The third-order valence-corrected chi connectivity index (χ3v) is 3.58. The molecule has 0 atom stereocenters. The van der Waals surface area contributed by atoms with E-state index in [1.165, 1.54) is 0 Å². The van der Waals surface area contributed by atoms with E-state index in [0.717, 1.165) is 17.0 Å². The van der Waals surface area contributed by atoms with Crippen LogP contribution in [0.1, 0.15) is 15.9 Å². The highest BCUT2D eigenvalue weighted by molar-refractivity contribution is 5.95. The van der Waals surface area contributed by atoms with Gasteiger partial charge in [0, 0.05) is 35.8 Å². The first kappa shape index (κ1) is 16.4. The molecule has 6 heteroatoms. The molecule has 2 aromatic carbocycles. The van der Waals surface area contributed by atoms with Gasteiger partial charge < -0.3 is 15.4 Å². The second kappa shape index (κ2) is 7.92. The maximum Gasteiger partial charge on any atom is 0.251 e. The molecule has 0 aliphatic rings. The van der Waals surface area contributed by atoms with Gasteiger partial charge in [0.05, 0.1) is 7.11 Å². The molecule has 0 spiro atoms. The summed E-state index contributed by atoms with van der Waals surface area (Å²) in [6.45, 7) is 0.391. The molecule has 0 radical (unpaired) electrons. The first-order valence-electron chi connectivity index (χ1n) is 7.80. The van der Waals surface area contributed by atoms with Crippen LogP contribution in [0.4, 0.5) is 11.6 Å². The molecule has 1 amide bonds. The minimum Gasteiger partial charge on any atom is -0.496 e. The molecular formula is C19H18N4O2.